The van der Waals surface area contributed by atoms with Gasteiger partial charge in [0.1, 0.15) is 0 Å². The zero-order chi connectivity index (χ0) is 21.4. The van der Waals surface area contributed by atoms with E-state index in [4.69, 9.17) is 0 Å². The van der Waals surface area contributed by atoms with E-state index >= 15 is 0 Å². The van der Waals surface area contributed by atoms with Crippen molar-refractivity contribution < 1.29 is 8.42 Å². The van der Waals surface area contributed by atoms with Crippen molar-refractivity contribution in [2.45, 2.75) is 52.5 Å². The Balaban J connectivity index is 1.80. The van der Waals surface area contributed by atoms with Gasteiger partial charge in [0.15, 0.2) is 5.96 Å². The first-order valence-corrected chi connectivity index (χ1v) is 12.1. The number of aryl methyl sites for hydroxylation is 2. The molecule has 29 heavy (non-hydrogen) atoms. The van der Waals surface area contributed by atoms with Crippen LogP contribution in [0.3, 0.4) is 0 Å². The molecule has 7 nitrogen and oxygen atoms in total. The van der Waals surface area contributed by atoms with Gasteiger partial charge in [-0.25, -0.2) is 18.1 Å². The van der Waals surface area contributed by atoms with Gasteiger partial charge in [0.2, 0.25) is 10.0 Å². The van der Waals surface area contributed by atoms with Gasteiger partial charge in [0, 0.05) is 37.5 Å². The molecule has 3 N–H and O–H groups in total. The van der Waals surface area contributed by atoms with Gasteiger partial charge in [-0.15, -0.1) is 11.3 Å². The number of sulfonamides is 1. The summed E-state index contributed by atoms with van der Waals surface area (Å²) >= 11 is 1.73. The van der Waals surface area contributed by atoms with Crippen LogP contribution in [-0.2, 0) is 28.7 Å². The predicted octanol–water partition coefficient (Wildman–Crippen LogP) is 2.50. The number of hydrogen-bond donors (Lipinski definition) is 3. The van der Waals surface area contributed by atoms with Crippen molar-refractivity contribution in [1.82, 2.24) is 20.3 Å². The van der Waals surface area contributed by atoms with Crippen LogP contribution < -0.4 is 15.4 Å². The lowest BCUT2D eigenvalue weighted by Gasteiger charge is -2.12. The average molecular weight is 438 g/mol. The highest BCUT2D eigenvalue weighted by Crippen LogP contribution is 2.16. The molecule has 0 atom stereocenters. The first-order chi connectivity index (χ1) is 13.7. The molecule has 0 aliphatic heterocycles. The third-order valence-corrected chi connectivity index (χ3v) is 6.86. The van der Waals surface area contributed by atoms with E-state index in [1.807, 2.05) is 45.0 Å². The van der Waals surface area contributed by atoms with E-state index in [9.17, 15) is 8.42 Å². The van der Waals surface area contributed by atoms with Crippen molar-refractivity contribution in [2.24, 2.45) is 4.99 Å². The molecule has 0 saturated carbocycles. The minimum Gasteiger partial charge on any atom is -0.356 e. The second-order valence-corrected chi connectivity index (χ2v) is 10.2. The molecule has 0 amide bonds. The Hall–Kier alpha value is -1.97. The Morgan fingerprint density at radius 3 is 2.34 bits per heavy atom. The molecule has 1 heterocycles. The fourth-order valence-corrected chi connectivity index (χ4v) is 5.08. The van der Waals surface area contributed by atoms with Crippen LogP contribution in [0.4, 0.5) is 0 Å². The van der Waals surface area contributed by atoms with E-state index in [1.165, 1.54) is 4.88 Å². The van der Waals surface area contributed by atoms with Crippen molar-refractivity contribution >= 4 is 27.3 Å². The molecule has 0 unspecified atom stereocenters. The molecule has 0 saturated heterocycles. The number of hydrogen-bond acceptors (Lipinski definition) is 5. The van der Waals surface area contributed by atoms with Crippen LogP contribution in [0.15, 0.2) is 29.3 Å². The van der Waals surface area contributed by atoms with Gasteiger partial charge >= 0.3 is 0 Å². The Morgan fingerprint density at radius 1 is 1.14 bits per heavy atom. The fraction of sp³-hybridized carbons (Fsp3) is 0.500. The minimum atomic E-state index is -3.31. The minimum absolute atomic E-state index is 0.0161. The smallest absolute Gasteiger partial charge is 0.216 e. The zero-order valence-electron chi connectivity index (χ0n) is 17.7. The number of nitrogens with one attached hydrogen (secondary N) is 3. The predicted molar refractivity (Wildman–Crippen MR) is 121 cm³/mol. The highest BCUT2D eigenvalue weighted by Gasteiger charge is 2.12. The fourth-order valence-electron chi connectivity index (χ4n) is 2.71. The van der Waals surface area contributed by atoms with Crippen molar-refractivity contribution in [1.29, 1.82) is 0 Å². The van der Waals surface area contributed by atoms with Gasteiger partial charge in [0.25, 0.3) is 0 Å². The SMILES string of the molecule is CN=C(NCCc1nc(C)c(C)s1)NCc1ccc(CS(=O)(=O)NC(C)C)cc1. The molecule has 1 aromatic heterocycles. The topological polar surface area (TPSA) is 95.5 Å². The van der Waals surface area contributed by atoms with Crippen LogP contribution in [0.2, 0.25) is 0 Å². The van der Waals surface area contributed by atoms with Crippen molar-refractivity contribution in [3.63, 3.8) is 0 Å². The van der Waals surface area contributed by atoms with E-state index in [2.05, 4.69) is 32.3 Å². The lowest BCUT2D eigenvalue weighted by molar-refractivity contribution is 0.569. The summed E-state index contributed by atoms with van der Waals surface area (Å²) in [5.41, 5.74) is 2.92. The monoisotopic (exact) mass is 437 g/mol. The highest BCUT2D eigenvalue weighted by atomic mass is 32.2. The summed E-state index contributed by atoms with van der Waals surface area (Å²) in [6, 6.07) is 7.45. The Kier molecular flexibility index (Phi) is 8.60. The Morgan fingerprint density at radius 2 is 1.79 bits per heavy atom. The molecule has 0 bridgehead atoms. The van der Waals surface area contributed by atoms with E-state index < -0.39 is 10.0 Å². The van der Waals surface area contributed by atoms with Crippen LogP contribution in [0.25, 0.3) is 0 Å². The molecular weight excluding hydrogens is 406 g/mol. The van der Waals surface area contributed by atoms with Crippen LogP contribution >= 0.6 is 11.3 Å². The molecule has 2 aromatic rings. The van der Waals surface area contributed by atoms with Gasteiger partial charge in [-0.1, -0.05) is 24.3 Å². The summed E-state index contributed by atoms with van der Waals surface area (Å²) in [6.07, 6.45) is 0.855. The molecule has 0 aliphatic carbocycles. The van der Waals surface area contributed by atoms with E-state index in [0.717, 1.165) is 40.8 Å². The lowest BCUT2D eigenvalue weighted by atomic mass is 10.1. The normalized spacial score (nSPS) is 12.4. The Bertz CT molecular complexity index is 899. The number of aromatic nitrogens is 1. The number of nitrogens with zero attached hydrogens (tertiary/aromatic N) is 2. The number of rotatable bonds is 9. The molecule has 0 radical (unpaired) electrons. The van der Waals surface area contributed by atoms with E-state index in [0.29, 0.717) is 6.54 Å². The molecule has 160 valence electrons. The first kappa shape index (κ1) is 23.3. The maximum atomic E-state index is 12.0. The second-order valence-electron chi connectivity index (χ2n) is 7.20. The summed E-state index contributed by atoms with van der Waals surface area (Å²) in [6.45, 7) is 9.10. The van der Waals surface area contributed by atoms with Crippen LogP contribution in [0.1, 0.15) is 40.6 Å². The summed E-state index contributed by atoms with van der Waals surface area (Å²) in [5, 5.41) is 7.69. The molecule has 1 aromatic carbocycles. The summed E-state index contributed by atoms with van der Waals surface area (Å²) in [4.78, 5) is 10.0. The highest BCUT2D eigenvalue weighted by molar-refractivity contribution is 7.88. The van der Waals surface area contributed by atoms with Gasteiger partial charge in [-0.05, 0) is 38.8 Å². The Labute approximate surface area is 178 Å². The molecule has 0 spiro atoms. The number of benzene rings is 1. The summed E-state index contributed by atoms with van der Waals surface area (Å²) in [7, 11) is -1.57. The third-order valence-electron chi connectivity index (χ3n) is 4.18. The molecule has 0 aliphatic rings. The molecule has 9 heteroatoms. The molecule has 0 fully saturated rings. The third kappa shape index (κ3) is 8.12. The van der Waals surface area contributed by atoms with E-state index in [-0.39, 0.29) is 11.8 Å². The first-order valence-electron chi connectivity index (χ1n) is 9.63. The molecule has 2 rings (SSSR count). The second kappa shape index (κ2) is 10.7. The maximum absolute atomic E-state index is 12.0. The number of thiazole rings is 1. The van der Waals surface area contributed by atoms with Gasteiger partial charge in [0.05, 0.1) is 16.5 Å². The van der Waals surface area contributed by atoms with E-state index in [1.54, 1.807) is 18.4 Å². The average Bonchev–Trinajstić information content (AvgIpc) is 2.95. The van der Waals surface area contributed by atoms with Crippen molar-refractivity contribution in [3.05, 3.63) is 51.0 Å². The standard InChI is InChI=1S/C20H31N5O2S2/c1-14(2)25-29(26,27)13-18-8-6-17(7-9-18)12-23-20(21-5)22-11-10-19-24-15(3)16(4)28-19/h6-9,14,25H,10-13H2,1-5H3,(H2,21,22,23). The maximum Gasteiger partial charge on any atom is 0.216 e. The zero-order valence-corrected chi connectivity index (χ0v) is 19.4. The lowest BCUT2D eigenvalue weighted by Crippen LogP contribution is -2.37. The van der Waals surface area contributed by atoms with Crippen LogP contribution in [0.5, 0.6) is 0 Å². The quantitative estimate of drug-likeness (QED) is 0.414. The van der Waals surface area contributed by atoms with Crippen molar-refractivity contribution in [2.75, 3.05) is 13.6 Å². The summed E-state index contributed by atoms with van der Waals surface area (Å²) in [5.74, 6) is 0.709. The van der Waals surface area contributed by atoms with Crippen molar-refractivity contribution in [3.8, 4) is 0 Å². The van der Waals surface area contributed by atoms with Gasteiger partial charge < -0.3 is 10.6 Å². The van der Waals surface area contributed by atoms with Gasteiger partial charge in [-0.2, -0.15) is 0 Å². The molecular formula is C20H31N5O2S2. The van der Waals surface area contributed by atoms with Crippen LogP contribution in [0, 0.1) is 13.8 Å². The number of aliphatic imine (C=N–C) groups is 1. The summed E-state index contributed by atoms with van der Waals surface area (Å²) < 4.78 is 26.6. The van der Waals surface area contributed by atoms with Crippen LogP contribution in [-0.4, -0.2) is 39.0 Å². The van der Waals surface area contributed by atoms with Gasteiger partial charge in [-0.3, -0.25) is 4.99 Å². The number of guanidine groups is 1. The largest absolute Gasteiger partial charge is 0.356 e.